The highest BCUT2D eigenvalue weighted by Crippen LogP contribution is 2.33. The Kier molecular flexibility index (Phi) is 28.3. The van der Waals surface area contributed by atoms with E-state index < -0.39 is 149 Å². The van der Waals surface area contributed by atoms with Crippen molar-refractivity contribution < 1.29 is 110 Å². The summed E-state index contributed by atoms with van der Waals surface area (Å²) in [5.74, 6) is 22.9. The first-order valence-electron chi connectivity index (χ1n) is 38.5. The van der Waals surface area contributed by atoms with Gasteiger partial charge in [0.1, 0.15) is 128 Å². The van der Waals surface area contributed by atoms with Crippen LogP contribution in [-0.4, -0.2) is 349 Å². The molecule has 0 spiro atoms. The van der Waals surface area contributed by atoms with Crippen molar-refractivity contribution in [3.63, 3.8) is 0 Å². The number of aromatic amines is 4. The lowest BCUT2D eigenvalue weighted by Crippen LogP contribution is -2.58. The summed E-state index contributed by atoms with van der Waals surface area (Å²) < 4.78 is 28.8. The molecular weight excluding hydrogens is 1540 g/mol. The number of carbonyl (C=O) groups is 1. The van der Waals surface area contributed by atoms with E-state index in [0.29, 0.717) is 69.7 Å². The van der Waals surface area contributed by atoms with Crippen molar-refractivity contribution in [1.29, 1.82) is 0 Å². The standard InChI is InChI=1S/C23H21N5O5.C21H25N3O5.C20H25N3O6.C20H22N2O6/c29-12-19-22(31)23(32)21(30)18(33-19)7-6-14-8-16(9-15-10-24-26-20(14)15)28-11-17(25-27-28)13-4-2-1-3-5-13;1-24-6-4-12(5-7-24)14-8-13(18-15(9-14)10-22-23-18)2-3-16-19(26)21(28)20(27)17(11-25)29-16;1-3-6-23(2)20(28)12-7-11(16-13(8-12)9-21-22-16)4-5-14-17(25)19(27)18(26)15(10-24)29-14;23-10-16-19(25)20(26)18(24)15(28-16)2-1-12-7-13(11-3-5-27-6-4-11)8-14-9-21-22-17(12)14/h1-5,8-11,18-19,21-23,29-32H,12H2,(H,24,26);4,8-10,16-17,19-21,25-28H,5-7,11H2,1H3,(H,22,23);7-9,14-15,17-19,24-27H,3,6,10H2,1-2H3,(H,21,22);3,7-9,15-16,18-20,23-26H,4-6,10H2,(H,21,22)/t18-,19-,21-,22-,23-;16-,17-,19-,20-,21-;14-,15-,17-,18-,19-;15-,16-,18-,19-,20-/m1111/s1. The van der Waals surface area contributed by atoms with Crippen molar-refractivity contribution >= 4 is 60.7 Å². The molecule has 1 amide bonds. The quantitative estimate of drug-likeness (QED) is 0.0641. The summed E-state index contributed by atoms with van der Waals surface area (Å²) in [4.78, 5) is 16.5. The lowest BCUT2D eigenvalue weighted by molar-refractivity contribution is -0.214. The third-order valence-corrected chi connectivity index (χ3v) is 21.2. The minimum absolute atomic E-state index is 0.147. The fraction of sp³-hybridized carbons (Fsp3) is 0.417. The Morgan fingerprint density at radius 3 is 1.29 bits per heavy atom. The number of nitrogens with one attached hydrogen (secondary N) is 4. The molecule has 0 bridgehead atoms. The number of carbonyl (C=O) groups excluding carboxylic acids is 1. The number of hydrogen-bond donors (Lipinski definition) is 20. The number of hydrogen-bond acceptors (Lipinski definition) is 29. The van der Waals surface area contributed by atoms with Gasteiger partial charge in [0.25, 0.3) is 5.91 Å². The fourth-order valence-electron chi connectivity index (χ4n) is 14.3. The second-order valence-electron chi connectivity index (χ2n) is 29.4. The van der Waals surface area contributed by atoms with Gasteiger partial charge in [-0.15, -0.1) is 5.10 Å². The van der Waals surface area contributed by atoms with E-state index in [-0.39, 0.29) is 5.91 Å². The number of likely N-dealkylation sites (N-methyl/N-ethyl adjacent to an activating group) is 1. The Bertz CT molecular complexity index is 5500. The molecule has 6 aliphatic rings. The van der Waals surface area contributed by atoms with Crippen LogP contribution in [0.15, 0.2) is 122 Å². The Morgan fingerprint density at radius 2 is 0.891 bits per heavy atom. The van der Waals surface area contributed by atoms with Crippen LogP contribution in [-0.2, 0) is 23.7 Å². The maximum Gasteiger partial charge on any atom is 0.253 e. The molecule has 0 aliphatic carbocycles. The van der Waals surface area contributed by atoms with Gasteiger partial charge in [-0.1, -0.05) is 102 Å². The Labute approximate surface area is 680 Å². The summed E-state index contributed by atoms with van der Waals surface area (Å²) in [7, 11) is 3.81. The zero-order chi connectivity index (χ0) is 84.3. The molecule has 11 heterocycles. The maximum absolute atomic E-state index is 12.7. The molecular formula is C84H93N13O22. The molecule has 20 atom stereocenters. The van der Waals surface area contributed by atoms with E-state index in [0.717, 1.165) is 81.9 Å². The molecule has 35 nitrogen and oxygen atoms in total. The summed E-state index contributed by atoms with van der Waals surface area (Å²) in [6.07, 6.45) is -10.1. The molecule has 119 heavy (non-hydrogen) atoms. The molecule has 0 unspecified atom stereocenters. The van der Waals surface area contributed by atoms with Crippen LogP contribution in [0, 0.1) is 47.4 Å². The van der Waals surface area contributed by atoms with Crippen molar-refractivity contribution in [3.05, 3.63) is 161 Å². The summed E-state index contributed by atoms with van der Waals surface area (Å²) in [6, 6.07) is 24.8. The number of fused-ring (bicyclic) bond motifs is 4. The number of H-pyrrole nitrogens is 4. The molecule has 6 aliphatic heterocycles. The SMILES string of the molecule is CCCN(C)C(=O)c1cc(C#C[C@H]2O[C@H](CO)[C@@H](O)[C@H](O)[C@@H]2O)c2[nH]ncc2c1.CN1CC=C(c2cc(C#C[C@H]3O[C@H](CO)[C@@H](O)[C@H](O)[C@@H]3O)c3[nH]ncc3c2)CC1.OC[C@H]1O[C@H](C#Cc2cc(-n3cc(-c4ccccc4)nn3)cc3cn[nH]c23)[C@@H](O)[C@@H](O)[C@@H]1O.OC[C@H]1O[C@H](C#Cc2cc(C3=CCOCC3)cc3cn[nH]c23)[C@@H](O)[C@@H](O)[C@@H]1O. The Morgan fingerprint density at radius 1 is 0.487 bits per heavy atom. The number of ether oxygens (including phenoxy) is 5. The number of benzene rings is 5. The van der Waals surface area contributed by atoms with E-state index in [1.165, 1.54) is 11.1 Å². The van der Waals surface area contributed by atoms with Gasteiger partial charge in [0.2, 0.25) is 0 Å². The number of nitrogens with zero attached hydrogens (tertiary/aromatic N) is 9. The van der Waals surface area contributed by atoms with E-state index in [1.54, 1.807) is 59.6 Å². The van der Waals surface area contributed by atoms with E-state index >= 15 is 0 Å². The lowest BCUT2D eigenvalue weighted by atomic mass is 9.94. The minimum atomic E-state index is -1.50. The molecule has 5 aromatic carbocycles. The van der Waals surface area contributed by atoms with Crippen molar-refractivity contribution in [3.8, 4) is 64.3 Å². The number of amides is 1. The normalized spacial score (nSPS) is 28.1. The van der Waals surface area contributed by atoms with Crippen LogP contribution < -0.4 is 0 Å². The summed E-state index contributed by atoms with van der Waals surface area (Å²) in [6.45, 7) is 3.72. The number of aliphatic hydroxyl groups is 16. The average Bonchev–Trinajstić information content (AvgIpc) is 1.20. The summed E-state index contributed by atoms with van der Waals surface area (Å²) >= 11 is 0. The van der Waals surface area contributed by atoms with Crippen LogP contribution in [0.1, 0.15) is 69.9 Å². The number of rotatable bonds is 11. The van der Waals surface area contributed by atoms with Gasteiger partial charge in [-0.25, -0.2) is 4.68 Å². The first-order valence-corrected chi connectivity index (χ1v) is 38.5. The summed E-state index contributed by atoms with van der Waals surface area (Å²) in [5.41, 5.74) is 12.6. The zero-order valence-electron chi connectivity index (χ0n) is 64.7. The molecule has 0 saturated carbocycles. The largest absolute Gasteiger partial charge is 0.394 e. The average molecular weight is 1640 g/mol. The predicted molar refractivity (Wildman–Crippen MR) is 428 cm³/mol. The monoisotopic (exact) mass is 1640 g/mol. The van der Waals surface area contributed by atoms with E-state index in [2.05, 4.69) is 123 Å². The van der Waals surface area contributed by atoms with Gasteiger partial charge in [0.05, 0.1) is 121 Å². The third-order valence-electron chi connectivity index (χ3n) is 21.2. The second-order valence-corrected chi connectivity index (χ2v) is 29.4. The molecule has 16 rings (SSSR count). The van der Waals surface area contributed by atoms with E-state index in [4.69, 9.17) is 23.7 Å². The van der Waals surface area contributed by atoms with Gasteiger partial charge >= 0.3 is 0 Å². The Balaban J connectivity index is 0.000000138. The van der Waals surface area contributed by atoms with Gasteiger partial charge in [-0.2, -0.15) is 20.4 Å². The Hall–Kier alpha value is -10.6. The van der Waals surface area contributed by atoms with Gasteiger partial charge in [-0.3, -0.25) is 25.2 Å². The van der Waals surface area contributed by atoms with Crippen molar-refractivity contribution in [1.82, 2.24) is 65.6 Å². The predicted octanol–water partition coefficient (Wildman–Crippen LogP) is -1.72. The highest BCUT2D eigenvalue weighted by molar-refractivity contribution is 6.00. The van der Waals surface area contributed by atoms with Gasteiger partial charge in [0, 0.05) is 59.4 Å². The van der Waals surface area contributed by atoms with Crippen LogP contribution in [0.2, 0.25) is 0 Å². The van der Waals surface area contributed by atoms with Crippen LogP contribution in [0.3, 0.4) is 0 Å². The van der Waals surface area contributed by atoms with Gasteiger partial charge in [-0.05, 0) is 97.1 Å². The van der Waals surface area contributed by atoms with E-state index in [9.17, 15) is 86.5 Å². The molecule has 626 valence electrons. The van der Waals surface area contributed by atoms with E-state index in [1.807, 2.05) is 73.8 Å². The smallest absolute Gasteiger partial charge is 0.253 e. The van der Waals surface area contributed by atoms with Crippen molar-refractivity contribution in [2.45, 2.75) is 148 Å². The maximum atomic E-state index is 12.7. The molecule has 4 fully saturated rings. The lowest BCUT2D eigenvalue weighted by Gasteiger charge is -2.37. The molecule has 10 aromatic rings. The van der Waals surface area contributed by atoms with Crippen LogP contribution in [0.4, 0.5) is 0 Å². The number of aliphatic hydroxyl groups excluding tert-OH is 16. The van der Waals surface area contributed by atoms with Crippen molar-refractivity contribution in [2.24, 2.45) is 0 Å². The van der Waals surface area contributed by atoms with Gasteiger partial charge in [0.15, 0.2) is 0 Å². The first-order chi connectivity index (χ1) is 57.5. The van der Waals surface area contributed by atoms with Crippen LogP contribution in [0.5, 0.6) is 0 Å². The molecule has 0 radical (unpaired) electrons. The fourth-order valence-corrected chi connectivity index (χ4v) is 14.3. The second kappa shape index (κ2) is 39.1. The first kappa shape index (κ1) is 86.3. The number of aromatic nitrogens is 11. The third kappa shape index (κ3) is 19.5. The highest BCUT2D eigenvalue weighted by Gasteiger charge is 2.46. The zero-order valence-corrected chi connectivity index (χ0v) is 64.7. The molecule has 4 saturated heterocycles. The molecule has 20 N–H and O–H groups in total. The van der Waals surface area contributed by atoms with Crippen LogP contribution >= 0.6 is 0 Å². The van der Waals surface area contributed by atoms with Gasteiger partial charge < -0.3 is 115 Å². The summed E-state index contributed by atoms with van der Waals surface area (Å²) in [5, 5.41) is 197. The molecule has 35 heteroatoms. The topological polar surface area (TPSA) is 539 Å². The minimum Gasteiger partial charge on any atom is -0.394 e. The highest BCUT2D eigenvalue weighted by atomic mass is 16.6. The van der Waals surface area contributed by atoms with Crippen LogP contribution in [0.25, 0.3) is 71.7 Å². The molecule has 5 aromatic heterocycles. The van der Waals surface area contributed by atoms with Crippen molar-refractivity contribution in [2.75, 3.05) is 73.4 Å².